The van der Waals surface area contributed by atoms with Crippen LogP contribution in [0.3, 0.4) is 0 Å². The molecule has 0 amide bonds. The Balaban J connectivity index is 0.000000246. The minimum Gasteiger partial charge on any atom is -0.305 e. The van der Waals surface area contributed by atoms with Gasteiger partial charge in [0.15, 0.2) is 0 Å². The molecular weight excluding hydrogens is 761 g/mol. The van der Waals surface area contributed by atoms with Crippen LogP contribution in [0.2, 0.25) is 19.6 Å². The molecule has 2 nitrogen and oxygen atoms in total. The third-order valence-electron chi connectivity index (χ3n) is 7.99. The van der Waals surface area contributed by atoms with Gasteiger partial charge in [-0.05, 0) is 75.0 Å². The number of aryl methyl sites for hydroxylation is 2. The normalized spacial score (nSPS) is 13.1. The molecule has 0 aliphatic carbocycles. The Hall–Kier alpha value is -2.95. The van der Waals surface area contributed by atoms with Crippen molar-refractivity contribution in [1.29, 1.82) is 0 Å². The summed E-state index contributed by atoms with van der Waals surface area (Å²) in [6, 6.07) is 28.8. The number of hydrogen-bond donors (Lipinski definition) is 0. The van der Waals surface area contributed by atoms with Crippen LogP contribution in [0, 0.1) is 19.1 Å². The molecule has 0 atom stereocenters. The Morgan fingerprint density at radius 1 is 0.911 bits per heavy atom. The predicted octanol–water partition coefficient (Wildman–Crippen LogP) is 11.1. The molecule has 0 unspecified atom stereocenters. The number of thiophene rings is 1. The topological polar surface area (TPSA) is 25.8 Å². The summed E-state index contributed by atoms with van der Waals surface area (Å²) in [6.07, 6.45) is 2.42. The maximum Gasteiger partial charge on any atom is 0.0798 e. The van der Waals surface area contributed by atoms with Crippen molar-refractivity contribution < 1.29 is 24.2 Å². The van der Waals surface area contributed by atoms with E-state index in [1.807, 2.05) is 56.3 Å². The zero-order valence-corrected chi connectivity index (χ0v) is 31.9. The van der Waals surface area contributed by atoms with Crippen molar-refractivity contribution in [2.75, 3.05) is 0 Å². The van der Waals surface area contributed by atoms with Crippen LogP contribution in [0.4, 0.5) is 0 Å². The molecule has 0 saturated heterocycles. The molecule has 3 aromatic carbocycles. The van der Waals surface area contributed by atoms with E-state index in [-0.39, 0.29) is 26.0 Å². The van der Waals surface area contributed by atoms with Crippen molar-refractivity contribution in [2.24, 2.45) is 0 Å². The molecule has 6 aromatic rings. The summed E-state index contributed by atoms with van der Waals surface area (Å²) in [5.41, 5.74) is 7.93. The number of benzene rings is 3. The molecule has 0 spiro atoms. The average Bonchev–Trinajstić information content (AvgIpc) is 3.38. The molecule has 0 saturated carbocycles. The first kappa shape index (κ1) is 30.7. The summed E-state index contributed by atoms with van der Waals surface area (Å²) in [7, 11) is -1.27. The summed E-state index contributed by atoms with van der Waals surface area (Å²) in [5, 5.41) is 3.74. The fourth-order valence-corrected chi connectivity index (χ4v) is 8.54. The van der Waals surface area contributed by atoms with E-state index in [0.29, 0.717) is 0 Å². The van der Waals surface area contributed by atoms with E-state index in [2.05, 4.69) is 93.0 Å². The van der Waals surface area contributed by atoms with Crippen LogP contribution >= 0.6 is 11.3 Å². The largest absolute Gasteiger partial charge is 0.305 e. The molecule has 1 radical (unpaired) electrons. The average molecular weight is 808 g/mol. The molecule has 0 aliphatic heterocycles. The van der Waals surface area contributed by atoms with Crippen molar-refractivity contribution >= 4 is 44.8 Å². The maximum atomic E-state index is 8.36. The molecule has 3 heterocycles. The quantitative estimate of drug-likeness (QED) is 0.124. The van der Waals surface area contributed by atoms with E-state index in [1.165, 1.54) is 10.8 Å². The second-order valence-electron chi connectivity index (χ2n) is 12.9. The van der Waals surface area contributed by atoms with Crippen LogP contribution in [-0.2, 0) is 26.5 Å². The second kappa shape index (κ2) is 14.6. The van der Waals surface area contributed by atoms with E-state index in [4.69, 9.17) is 4.11 Å². The molecule has 3 aromatic heterocycles. The predicted molar refractivity (Wildman–Crippen MR) is 195 cm³/mol. The van der Waals surface area contributed by atoms with Crippen molar-refractivity contribution in [1.82, 2.24) is 9.97 Å². The van der Waals surface area contributed by atoms with Gasteiger partial charge in [0.05, 0.1) is 8.07 Å². The van der Waals surface area contributed by atoms with Gasteiger partial charge in [0.1, 0.15) is 0 Å². The molecule has 0 N–H and O–H groups in total. The van der Waals surface area contributed by atoms with Crippen LogP contribution in [0.25, 0.3) is 42.7 Å². The van der Waals surface area contributed by atoms with Gasteiger partial charge >= 0.3 is 0 Å². The number of nitrogens with zero attached hydrogens (tertiary/aromatic N) is 2. The molecule has 6 rings (SSSR count). The van der Waals surface area contributed by atoms with Crippen LogP contribution < -0.4 is 5.19 Å². The van der Waals surface area contributed by atoms with E-state index >= 15 is 0 Å². The number of rotatable bonds is 6. The number of hydrogen-bond acceptors (Lipinski definition) is 3. The molecular formula is C40H44IrN2SSi-2. The van der Waals surface area contributed by atoms with E-state index in [9.17, 15) is 0 Å². The molecule has 235 valence electrons. The van der Waals surface area contributed by atoms with Gasteiger partial charge < -0.3 is 9.97 Å². The maximum absolute atomic E-state index is 8.36. The van der Waals surface area contributed by atoms with E-state index in [0.717, 1.165) is 59.4 Å². The third-order valence-corrected chi connectivity index (χ3v) is 11.3. The zero-order chi connectivity index (χ0) is 34.3. The first-order valence-corrected chi connectivity index (χ1v) is 19.6. The van der Waals surface area contributed by atoms with Gasteiger partial charge in [-0.3, -0.25) is 0 Å². The van der Waals surface area contributed by atoms with Crippen molar-refractivity contribution in [3.63, 3.8) is 0 Å². The van der Waals surface area contributed by atoms with E-state index < -0.39 is 20.3 Å². The molecule has 5 heteroatoms. The molecule has 0 aliphatic rings. The van der Waals surface area contributed by atoms with Gasteiger partial charge in [0.25, 0.3) is 0 Å². The van der Waals surface area contributed by atoms with Crippen LogP contribution in [0.15, 0.2) is 79.1 Å². The standard InChI is InChI=1S/C25H26NS.C15H18NSi.Ir/c1-6-17-13-24-22(14-21(17)16(4)5)19-8-7-9-20(25(19)27-24)23-12-18(15(2)3)10-11-26-23;1-12-10-14(13-8-6-5-7-9-13)16-11-15(12)17(2,3)4;/h7-8,10-16H,6H2,1-5H3;5-8,10-11H,1-4H3;/q2*-1;/i6D2,15D;;. The van der Waals surface area contributed by atoms with Gasteiger partial charge in [0.2, 0.25) is 0 Å². The monoisotopic (exact) mass is 808 g/mol. The summed E-state index contributed by atoms with van der Waals surface area (Å²) >= 11 is 1.66. The number of fused-ring (bicyclic) bond motifs is 3. The zero-order valence-electron chi connectivity index (χ0n) is 30.7. The Labute approximate surface area is 293 Å². The Bertz CT molecular complexity index is 2040. The fraction of sp³-hybridized carbons (Fsp3) is 0.300. The van der Waals surface area contributed by atoms with Crippen LogP contribution in [0.1, 0.15) is 72.8 Å². The first-order valence-electron chi connectivity index (χ1n) is 16.8. The summed E-state index contributed by atoms with van der Waals surface area (Å²) in [6.45, 7) is 18.9. The third kappa shape index (κ3) is 7.72. The van der Waals surface area contributed by atoms with Gasteiger partial charge in [-0.25, -0.2) is 0 Å². The SMILES string of the molecule is Cc1cc(-c2[c-]cccc2)ncc1[Si](C)(C)C.[2H]C([2H])(C)c1cc2sc3c(-c4cc(C([2H])(C)C)ccn4)[c-]ccc3c2cc1C(C)C.[Ir]. The fourth-order valence-electron chi connectivity index (χ4n) is 5.61. The van der Waals surface area contributed by atoms with Crippen LogP contribution in [0.5, 0.6) is 0 Å². The summed E-state index contributed by atoms with van der Waals surface area (Å²) < 4.78 is 27.2. The first-order chi connectivity index (χ1) is 21.9. The molecule has 0 fully saturated rings. The van der Waals surface area contributed by atoms with Gasteiger partial charge in [-0.1, -0.05) is 89.0 Å². The Kier molecular flexibility index (Phi) is 9.99. The number of pyridine rings is 2. The van der Waals surface area contributed by atoms with Crippen LogP contribution in [-0.4, -0.2) is 18.0 Å². The smallest absolute Gasteiger partial charge is 0.0798 e. The van der Waals surface area contributed by atoms with Gasteiger partial charge in [-0.2, -0.15) is 11.3 Å². The minimum absolute atomic E-state index is 0. The van der Waals surface area contributed by atoms with Gasteiger partial charge in [-0.15, -0.1) is 59.7 Å². The molecule has 0 bridgehead atoms. The van der Waals surface area contributed by atoms with Gasteiger partial charge in [0, 0.05) is 41.3 Å². The van der Waals surface area contributed by atoms with Crippen molar-refractivity contribution in [3.8, 4) is 22.5 Å². The van der Waals surface area contributed by atoms with E-state index in [1.54, 1.807) is 24.5 Å². The number of aromatic nitrogens is 2. The van der Waals surface area contributed by atoms with Crippen molar-refractivity contribution in [3.05, 3.63) is 114 Å². The Morgan fingerprint density at radius 3 is 2.31 bits per heavy atom. The van der Waals surface area contributed by atoms with Crippen molar-refractivity contribution in [2.45, 2.75) is 79.4 Å². The summed E-state index contributed by atoms with van der Waals surface area (Å²) in [4.78, 5) is 9.16. The molecule has 45 heavy (non-hydrogen) atoms. The minimum atomic E-state index is -1.39. The second-order valence-corrected chi connectivity index (χ2v) is 19.0. The summed E-state index contributed by atoms with van der Waals surface area (Å²) in [5.74, 6) is -0.457. The Morgan fingerprint density at radius 2 is 1.69 bits per heavy atom.